The number of hydrogen-bond donors (Lipinski definition) is 0. The average molecular weight is 365 g/mol. The molecular weight excluding hydrogens is 342 g/mol. The van der Waals surface area contributed by atoms with E-state index >= 15 is 0 Å². The summed E-state index contributed by atoms with van der Waals surface area (Å²) in [6, 6.07) is 14.1. The van der Waals surface area contributed by atoms with E-state index in [9.17, 15) is 0 Å². The summed E-state index contributed by atoms with van der Waals surface area (Å²) >= 11 is 0. The molecule has 1 aromatic carbocycles. The molecule has 1 saturated heterocycles. The summed E-state index contributed by atoms with van der Waals surface area (Å²) in [6.07, 6.45) is 2.77. The van der Waals surface area contributed by atoms with Gasteiger partial charge in [0.05, 0.1) is 18.2 Å². The van der Waals surface area contributed by atoms with E-state index in [1.807, 2.05) is 42.5 Å². The molecule has 0 bridgehead atoms. The lowest BCUT2D eigenvalue weighted by atomic mass is 9.98. The lowest BCUT2D eigenvalue weighted by Gasteiger charge is -2.31. The van der Waals surface area contributed by atoms with E-state index in [1.165, 1.54) is 0 Å². The minimum atomic E-state index is 0.221. The van der Waals surface area contributed by atoms with Crippen LogP contribution in [0.25, 0.3) is 11.3 Å². The smallest absolute Gasteiger partial charge is 0.231 e. The van der Waals surface area contributed by atoms with Crippen molar-refractivity contribution in [3.8, 4) is 11.3 Å². The fourth-order valence-electron chi connectivity index (χ4n) is 3.37. The molecule has 1 atom stereocenters. The molecule has 7 heteroatoms. The van der Waals surface area contributed by atoms with Crippen LogP contribution in [-0.2, 0) is 11.2 Å². The van der Waals surface area contributed by atoms with E-state index in [0.29, 0.717) is 24.7 Å². The molecule has 0 saturated carbocycles. The normalized spacial score (nSPS) is 17.2. The Morgan fingerprint density at radius 1 is 1.15 bits per heavy atom. The van der Waals surface area contributed by atoms with Gasteiger partial charge in [-0.1, -0.05) is 35.5 Å². The predicted octanol–water partition coefficient (Wildman–Crippen LogP) is 3.10. The highest BCUT2D eigenvalue weighted by molar-refractivity contribution is 5.59. The standard InChI is InChI=1S/C20H23N5O2/c1-26-13-11-18-21-20(27-24-18)16-8-5-12-25(14-16)19-10-9-17(22-23-19)15-6-3-2-4-7-15/h2-4,6-7,9-10,16H,5,8,11-14H2,1H3/t16-/m1/s1. The molecule has 4 rings (SSSR count). The van der Waals surface area contributed by atoms with Crippen molar-refractivity contribution in [1.29, 1.82) is 0 Å². The number of rotatable bonds is 6. The van der Waals surface area contributed by atoms with Gasteiger partial charge in [0.15, 0.2) is 11.6 Å². The van der Waals surface area contributed by atoms with Gasteiger partial charge in [0.1, 0.15) is 0 Å². The third-order valence-corrected chi connectivity index (χ3v) is 4.83. The second-order valence-electron chi connectivity index (χ2n) is 6.72. The summed E-state index contributed by atoms with van der Waals surface area (Å²) in [6.45, 7) is 2.37. The fraction of sp³-hybridized carbons (Fsp3) is 0.400. The molecule has 0 aliphatic carbocycles. The number of anilines is 1. The Labute approximate surface area is 158 Å². The van der Waals surface area contributed by atoms with Crippen LogP contribution in [0.4, 0.5) is 5.82 Å². The van der Waals surface area contributed by atoms with Gasteiger partial charge in [0.25, 0.3) is 0 Å². The number of nitrogens with zero attached hydrogens (tertiary/aromatic N) is 5. The Kier molecular flexibility index (Phi) is 5.39. The number of ether oxygens (including phenoxy) is 1. The first-order valence-electron chi connectivity index (χ1n) is 9.29. The average Bonchev–Trinajstić information content (AvgIpc) is 3.22. The van der Waals surface area contributed by atoms with Crippen LogP contribution in [0.15, 0.2) is 47.0 Å². The molecule has 1 aliphatic rings. The zero-order valence-electron chi connectivity index (χ0n) is 15.4. The molecule has 0 unspecified atom stereocenters. The minimum Gasteiger partial charge on any atom is -0.384 e. The third kappa shape index (κ3) is 4.14. The molecule has 1 fully saturated rings. The van der Waals surface area contributed by atoms with Crippen molar-refractivity contribution in [2.45, 2.75) is 25.2 Å². The van der Waals surface area contributed by atoms with E-state index in [0.717, 1.165) is 43.0 Å². The Bertz CT molecular complexity index is 850. The molecule has 140 valence electrons. The Morgan fingerprint density at radius 2 is 2.04 bits per heavy atom. The van der Waals surface area contributed by atoms with Crippen LogP contribution in [0, 0.1) is 0 Å². The largest absolute Gasteiger partial charge is 0.384 e. The molecule has 7 nitrogen and oxygen atoms in total. The van der Waals surface area contributed by atoms with Gasteiger partial charge in [-0.25, -0.2) is 0 Å². The summed E-state index contributed by atoms with van der Waals surface area (Å²) in [7, 11) is 1.67. The highest BCUT2D eigenvalue weighted by Crippen LogP contribution is 2.28. The molecule has 0 N–H and O–H groups in total. The van der Waals surface area contributed by atoms with Gasteiger partial charge in [0.2, 0.25) is 5.89 Å². The molecule has 3 aromatic rings. The second kappa shape index (κ2) is 8.26. The summed E-state index contributed by atoms with van der Waals surface area (Å²) in [4.78, 5) is 6.78. The maximum Gasteiger partial charge on any atom is 0.231 e. The molecule has 0 spiro atoms. The monoisotopic (exact) mass is 365 g/mol. The molecular formula is C20H23N5O2. The van der Waals surface area contributed by atoms with Gasteiger partial charge < -0.3 is 14.2 Å². The summed E-state index contributed by atoms with van der Waals surface area (Å²) in [5.41, 5.74) is 1.95. The number of aromatic nitrogens is 4. The first-order chi connectivity index (χ1) is 13.3. The summed E-state index contributed by atoms with van der Waals surface area (Å²) in [5.74, 6) is 2.52. The van der Waals surface area contributed by atoms with Crippen molar-refractivity contribution in [2.24, 2.45) is 0 Å². The van der Waals surface area contributed by atoms with Crippen molar-refractivity contribution < 1.29 is 9.26 Å². The van der Waals surface area contributed by atoms with Gasteiger partial charge >= 0.3 is 0 Å². The molecule has 1 aliphatic heterocycles. The van der Waals surface area contributed by atoms with Gasteiger partial charge in [0, 0.05) is 32.2 Å². The highest BCUT2D eigenvalue weighted by atomic mass is 16.5. The quantitative estimate of drug-likeness (QED) is 0.664. The van der Waals surface area contributed by atoms with E-state index in [2.05, 4.69) is 25.2 Å². The third-order valence-electron chi connectivity index (χ3n) is 4.83. The number of hydrogen-bond acceptors (Lipinski definition) is 7. The zero-order chi connectivity index (χ0) is 18.5. The van der Waals surface area contributed by atoms with Crippen LogP contribution in [0.5, 0.6) is 0 Å². The van der Waals surface area contributed by atoms with E-state index in [4.69, 9.17) is 9.26 Å². The number of piperidine rings is 1. The SMILES string of the molecule is COCCc1noc([C@@H]2CCCN(c3ccc(-c4ccccc4)nn3)C2)n1. The molecule has 0 amide bonds. The molecule has 0 radical (unpaired) electrons. The Morgan fingerprint density at radius 3 is 2.81 bits per heavy atom. The Hall–Kier alpha value is -2.80. The van der Waals surface area contributed by atoms with Crippen LogP contribution >= 0.6 is 0 Å². The van der Waals surface area contributed by atoms with Crippen LogP contribution in [-0.4, -0.2) is 47.1 Å². The molecule has 3 heterocycles. The van der Waals surface area contributed by atoms with Crippen molar-refractivity contribution in [3.63, 3.8) is 0 Å². The minimum absolute atomic E-state index is 0.221. The van der Waals surface area contributed by atoms with E-state index in [-0.39, 0.29) is 5.92 Å². The van der Waals surface area contributed by atoms with Gasteiger partial charge in [-0.2, -0.15) is 4.98 Å². The lowest BCUT2D eigenvalue weighted by Crippen LogP contribution is -2.35. The molecule has 27 heavy (non-hydrogen) atoms. The maximum atomic E-state index is 5.48. The number of methoxy groups -OCH3 is 1. The van der Waals surface area contributed by atoms with Crippen LogP contribution in [0.3, 0.4) is 0 Å². The van der Waals surface area contributed by atoms with Crippen LogP contribution in [0.1, 0.15) is 30.5 Å². The van der Waals surface area contributed by atoms with Crippen LogP contribution in [0.2, 0.25) is 0 Å². The predicted molar refractivity (Wildman–Crippen MR) is 102 cm³/mol. The van der Waals surface area contributed by atoms with E-state index in [1.54, 1.807) is 7.11 Å². The van der Waals surface area contributed by atoms with Gasteiger partial charge in [-0.05, 0) is 25.0 Å². The van der Waals surface area contributed by atoms with Crippen molar-refractivity contribution >= 4 is 5.82 Å². The molecule has 2 aromatic heterocycles. The van der Waals surface area contributed by atoms with Gasteiger partial charge in [-0.3, -0.25) is 0 Å². The van der Waals surface area contributed by atoms with Crippen LogP contribution < -0.4 is 4.90 Å². The van der Waals surface area contributed by atoms with E-state index < -0.39 is 0 Å². The number of benzene rings is 1. The first-order valence-corrected chi connectivity index (χ1v) is 9.29. The van der Waals surface area contributed by atoms with Gasteiger partial charge in [-0.15, -0.1) is 10.2 Å². The zero-order valence-corrected chi connectivity index (χ0v) is 15.4. The highest BCUT2D eigenvalue weighted by Gasteiger charge is 2.27. The lowest BCUT2D eigenvalue weighted by molar-refractivity contribution is 0.199. The topological polar surface area (TPSA) is 77.2 Å². The summed E-state index contributed by atoms with van der Waals surface area (Å²) < 4.78 is 10.6. The first kappa shape index (κ1) is 17.6. The van der Waals surface area contributed by atoms with Crippen molar-refractivity contribution in [2.75, 3.05) is 31.7 Å². The van der Waals surface area contributed by atoms with Crippen molar-refractivity contribution in [3.05, 3.63) is 54.2 Å². The van der Waals surface area contributed by atoms with Crippen molar-refractivity contribution in [1.82, 2.24) is 20.3 Å². The Balaban J connectivity index is 1.44. The second-order valence-corrected chi connectivity index (χ2v) is 6.72. The summed E-state index contributed by atoms with van der Waals surface area (Å²) in [5, 5.41) is 12.9. The maximum absolute atomic E-state index is 5.48. The fourth-order valence-corrected chi connectivity index (χ4v) is 3.37.